The minimum atomic E-state index is -4.75. The van der Waals surface area contributed by atoms with Gasteiger partial charge in [-0.1, -0.05) is 12.1 Å². The Balaban J connectivity index is 2.29. The van der Waals surface area contributed by atoms with Gasteiger partial charge in [0, 0.05) is 13.1 Å². The smallest absolute Gasteiger partial charge is 0.444 e. The number of benzene rings is 1. The van der Waals surface area contributed by atoms with Gasteiger partial charge in [0.1, 0.15) is 11.4 Å². The van der Waals surface area contributed by atoms with Crippen molar-refractivity contribution in [3.8, 4) is 5.75 Å². The molecule has 0 aliphatic rings. The van der Waals surface area contributed by atoms with E-state index >= 15 is 0 Å². The molecule has 0 saturated carbocycles. The largest absolute Gasteiger partial charge is 0.573 e. The summed E-state index contributed by atoms with van der Waals surface area (Å²) < 4.78 is 44.9. The Morgan fingerprint density at radius 2 is 1.56 bits per heavy atom. The second kappa shape index (κ2) is 8.59. The molecule has 9 heteroatoms. The van der Waals surface area contributed by atoms with Crippen molar-refractivity contribution in [3.63, 3.8) is 0 Å². The highest BCUT2D eigenvalue weighted by atomic mass is 19.4. The van der Waals surface area contributed by atoms with Crippen molar-refractivity contribution >= 4 is 12.0 Å². The average Bonchev–Trinajstić information content (AvgIpc) is 2.42. The molecule has 2 amide bonds. The van der Waals surface area contributed by atoms with Crippen LogP contribution in [0, 0.1) is 0 Å². The lowest BCUT2D eigenvalue weighted by Crippen LogP contribution is -2.38. The Morgan fingerprint density at radius 1 is 1.00 bits per heavy atom. The number of hydrogen-bond donors (Lipinski definition) is 2. The maximum absolute atomic E-state index is 12.0. The van der Waals surface area contributed by atoms with Crippen LogP contribution in [0.1, 0.15) is 26.3 Å². The van der Waals surface area contributed by atoms with E-state index in [0.717, 1.165) is 12.1 Å². The summed E-state index contributed by atoms with van der Waals surface area (Å²) in [6.07, 6.45) is -5.33. The number of halogens is 3. The fourth-order valence-electron chi connectivity index (χ4n) is 1.74. The molecule has 0 aromatic heterocycles. The molecule has 0 saturated heterocycles. The van der Waals surface area contributed by atoms with Crippen molar-refractivity contribution in [3.05, 3.63) is 29.8 Å². The Hall–Kier alpha value is -2.45. The lowest BCUT2D eigenvalue weighted by Gasteiger charge is -2.19. The van der Waals surface area contributed by atoms with Gasteiger partial charge in [-0.2, -0.15) is 0 Å². The molecule has 0 bridgehead atoms. The van der Waals surface area contributed by atoms with Gasteiger partial charge >= 0.3 is 12.5 Å². The van der Waals surface area contributed by atoms with Crippen LogP contribution in [0.5, 0.6) is 5.75 Å². The number of carbonyl (C=O) groups excluding carboxylic acids is 2. The van der Waals surface area contributed by atoms with Gasteiger partial charge in [-0.25, -0.2) is 4.79 Å². The third-order valence-electron chi connectivity index (χ3n) is 2.64. The number of alkyl halides is 3. The molecule has 0 radical (unpaired) electrons. The Kier molecular flexibility index (Phi) is 7.08. The molecular weight excluding hydrogens is 341 g/mol. The maximum atomic E-state index is 12.0. The van der Waals surface area contributed by atoms with Gasteiger partial charge in [-0.15, -0.1) is 13.2 Å². The molecule has 0 unspecified atom stereocenters. The summed E-state index contributed by atoms with van der Waals surface area (Å²) in [7, 11) is 0. The summed E-state index contributed by atoms with van der Waals surface area (Å²) >= 11 is 0. The summed E-state index contributed by atoms with van der Waals surface area (Å²) in [5.74, 6) is -0.673. The number of amides is 2. The number of hydrogen-bond acceptors (Lipinski definition) is 4. The molecule has 0 spiro atoms. The van der Waals surface area contributed by atoms with E-state index in [2.05, 4.69) is 15.4 Å². The Labute approximate surface area is 143 Å². The second-order valence-corrected chi connectivity index (χ2v) is 6.15. The van der Waals surface area contributed by atoms with Crippen LogP contribution < -0.4 is 15.4 Å². The first-order chi connectivity index (χ1) is 11.4. The zero-order valence-electron chi connectivity index (χ0n) is 14.2. The molecule has 6 nitrogen and oxygen atoms in total. The highest BCUT2D eigenvalue weighted by Gasteiger charge is 2.30. The van der Waals surface area contributed by atoms with Crippen LogP contribution in [0.4, 0.5) is 18.0 Å². The molecule has 1 aromatic carbocycles. The first kappa shape index (κ1) is 20.6. The zero-order chi connectivity index (χ0) is 19.1. The molecule has 0 atom stereocenters. The minimum Gasteiger partial charge on any atom is -0.444 e. The third-order valence-corrected chi connectivity index (χ3v) is 2.64. The quantitative estimate of drug-likeness (QED) is 0.763. The Morgan fingerprint density at radius 3 is 2.08 bits per heavy atom. The van der Waals surface area contributed by atoms with Crippen LogP contribution in [-0.4, -0.2) is 37.1 Å². The predicted molar refractivity (Wildman–Crippen MR) is 84.1 cm³/mol. The van der Waals surface area contributed by atoms with E-state index in [1.54, 1.807) is 20.8 Å². The van der Waals surface area contributed by atoms with Crippen molar-refractivity contribution in [1.29, 1.82) is 0 Å². The number of rotatable bonds is 6. The lowest BCUT2D eigenvalue weighted by molar-refractivity contribution is -0.274. The highest BCUT2D eigenvalue weighted by molar-refractivity contribution is 5.78. The van der Waals surface area contributed by atoms with Crippen LogP contribution in [0.25, 0.3) is 0 Å². The van der Waals surface area contributed by atoms with Crippen molar-refractivity contribution in [2.75, 3.05) is 13.1 Å². The molecule has 2 N–H and O–H groups in total. The molecule has 0 aliphatic carbocycles. The molecule has 25 heavy (non-hydrogen) atoms. The van der Waals surface area contributed by atoms with Gasteiger partial charge in [-0.3, -0.25) is 4.79 Å². The van der Waals surface area contributed by atoms with E-state index in [0.29, 0.717) is 5.56 Å². The molecular formula is C16H21F3N2O4. The fraction of sp³-hybridized carbons (Fsp3) is 0.500. The van der Waals surface area contributed by atoms with Gasteiger partial charge in [0.25, 0.3) is 0 Å². The third kappa shape index (κ3) is 10.1. The number of carbonyl (C=O) groups is 2. The number of ether oxygens (including phenoxy) is 2. The van der Waals surface area contributed by atoms with E-state index in [1.807, 2.05) is 0 Å². The lowest BCUT2D eigenvalue weighted by atomic mass is 10.1. The predicted octanol–water partition coefficient (Wildman–Crippen LogP) is 2.77. The van der Waals surface area contributed by atoms with Gasteiger partial charge in [0.05, 0.1) is 6.42 Å². The maximum Gasteiger partial charge on any atom is 0.573 e. The summed E-state index contributed by atoms with van der Waals surface area (Å²) in [5.41, 5.74) is -0.0675. The summed E-state index contributed by atoms with van der Waals surface area (Å²) in [6, 6.07) is 5.03. The Bertz CT molecular complexity index is 581. The topological polar surface area (TPSA) is 76.7 Å². The second-order valence-electron chi connectivity index (χ2n) is 6.15. The number of nitrogens with one attached hydrogen (secondary N) is 2. The fourth-order valence-corrected chi connectivity index (χ4v) is 1.74. The van der Waals surface area contributed by atoms with Gasteiger partial charge in [0.2, 0.25) is 5.91 Å². The van der Waals surface area contributed by atoms with Gasteiger partial charge < -0.3 is 20.1 Å². The standard InChI is InChI=1S/C16H21F3N2O4/c1-15(2,3)25-14(23)21-9-8-20-13(22)10-11-4-6-12(7-5-11)24-16(17,18)19/h4-7H,8-10H2,1-3H3,(H,20,22)(H,21,23). The van der Waals surface area contributed by atoms with Crippen LogP contribution >= 0.6 is 0 Å². The first-order valence-corrected chi connectivity index (χ1v) is 7.53. The monoisotopic (exact) mass is 362 g/mol. The summed E-state index contributed by atoms with van der Waals surface area (Å²) in [6.45, 7) is 5.60. The van der Waals surface area contributed by atoms with Crippen molar-refractivity contribution in [2.45, 2.75) is 39.2 Å². The molecule has 1 aromatic rings. The first-order valence-electron chi connectivity index (χ1n) is 7.53. The normalized spacial score (nSPS) is 11.6. The van der Waals surface area contributed by atoms with E-state index in [4.69, 9.17) is 4.74 Å². The zero-order valence-corrected chi connectivity index (χ0v) is 14.2. The molecule has 0 aliphatic heterocycles. The van der Waals surface area contributed by atoms with Crippen LogP contribution in [-0.2, 0) is 16.0 Å². The van der Waals surface area contributed by atoms with E-state index < -0.39 is 18.1 Å². The molecule has 0 heterocycles. The highest BCUT2D eigenvalue weighted by Crippen LogP contribution is 2.22. The minimum absolute atomic E-state index is 0.00125. The van der Waals surface area contributed by atoms with Crippen molar-refractivity contribution < 1.29 is 32.2 Å². The van der Waals surface area contributed by atoms with Gasteiger partial charge in [0.15, 0.2) is 0 Å². The van der Waals surface area contributed by atoms with Crippen molar-refractivity contribution in [2.24, 2.45) is 0 Å². The summed E-state index contributed by atoms with van der Waals surface area (Å²) in [4.78, 5) is 23.1. The summed E-state index contributed by atoms with van der Waals surface area (Å²) in [5, 5.41) is 5.07. The average molecular weight is 362 g/mol. The van der Waals surface area contributed by atoms with Crippen molar-refractivity contribution in [1.82, 2.24) is 10.6 Å². The van der Waals surface area contributed by atoms with Crippen LogP contribution in [0.2, 0.25) is 0 Å². The van der Waals surface area contributed by atoms with Gasteiger partial charge in [-0.05, 0) is 38.5 Å². The molecule has 0 fully saturated rings. The molecule has 140 valence electrons. The van der Waals surface area contributed by atoms with E-state index in [-0.39, 0.29) is 31.2 Å². The van der Waals surface area contributed by atoms with Crippen LogP contribution in [0.3, 0.4) is 0 Å². The SMILES string of the molecule is CC(C)(C)OC(=O)NCCNC(=O)Cc1ccc(OC(F)(F)F)cc1. The molecule has 1 rings (SSSR count). The van der Waals surface area contributed by atoms with E-state index in [9.17, 15) is 22.8 Å². The van der Waals surface area contributed by atoms with E-state index in [1.165, 1.54) is 12.1 Å². The number of alkyl carbamates (subject to hydrolysis) is 1. The van der Waals surface area contributed by atoms with Crippen LogP contribution in [0.15, 0.2) is 24.3 Å².